The molecule has 156 valence electrons. The highest BCUT2D eigenvalue weighted by Crippen LogP contribution is 2.32. The molecule has 0 spiro atoms. The lowest BCUT2D eigenvalue weighted by atomic mass is 10.1. The van der Waals surface area contributed by atoms with Crippen molar-refractivity contribution in [1.82, 2.24) is 16.0 Å². The van der Waals surface area contributed by atoms with Gasteiger partial charge in [0, 0.05) is 6.42 Å². The molecule has 1 unspecified atom stereocenters. The van der Waals surface area contributed by atoms with Crippen LogP contribution in [0.2, 0.25) is 5.02 Å². The van der Waals surface area contributed by atoms with Gasteiger partial charge >= 0.3 is 0 Å². The van der Waals surface area contributed by atoms with Crippen molar-refractivity contribution >= 4 is 29.3 Å². The van der Waals surface area contributed by atoms with Crippen LogP contribution in [0.5, 0.6) is 0 Å². The standard InChI is InChI=1S/C21H18ClF2N3O3/c22-17-13(23)6-5-12(18(17)24)20(29)27-19-11-4-2-1-3-10(11)9-15(19)26-21(30)14-7-8-16(28)25-14/h1-6,14-15,19H,7-9H2,(H,25,28)(H,26,30)(H,27,29)/t14?,15-,19-/m1/s1. The highest BCUT2D eigenvalue weighted by Gasteiger charge is 2.37. The zero-order valence-corrected chi connectivity index (χ0v) is 16.4. The molecule has 2 aromatic carbocycles. The Kier molecular flexibility index (Phi) is 5.42. The molecule has 1 heterocycles. The summed E-state index contributed by atoms with van der Waals surface area (Å²) < 4.78 is 27.7. The van der Waals surface area contributed by atoms with Gasteiger partial charge in [-0.1, -0.05) is 35.9 Å². The zero-order valence-electron chi connectivity index (χ0n) is 15.7. The Morgan fingerprint density at radius 1 is 1.10 bits per heavy atom. The molecular formula is C21H18ClF2N3O3. The van der Waals surface area contributed by atoms with Gasteiger partial charge in [-0.15, -0.1) is 0 Å². The van der Waals surface area contributed by atoms with Crippen LogP contribution < -0.4 is 16.0 Å². The summed E-state index contributed by atoms with van der Waals surface area (Å²) in [6.45, 7) is 0. The number of halogens is 3. The lowest BCUT2D eigenvalue weighted by Gasteiger charge is -2.24. The molecule has 2 aromatic rings. The zero-order chi connectivity index (χ0) is 21.4. The predicted octanol–water partition coefficient (Wildman–Crippen LogP) is 2.41. The monoisotopic (exact) mass is 433 g/mol. The van der Waals surface area contributed by atoms with Gasteiger partial charge in [-0.25, -0.2) is 8.78 Å². The van der Waals surface area contributed by atoms with Crippen LogP contribution in [0.4, 0.5) is 8.78 Å². The van der Waals surface area contributed by atoms with E-state index in [1.807, 2.05) is 18.2 Å². The second-order valence-corrected chi connectivity index (χ2v) is 7.73. The molecule has 3 atom stereocenters. The molecule has 0 bridgehead atoms. The lowest BCUT2D eigenvalue weighted by molar-refractivity contribution is -0.126. The maximum atomic E-state index is 14.3. The van der Waals surface area contributed by atoms with Crippen molar-refractivity contribution < 1.29 is 23.2 Å². The summed E-state index contributed by atoms with van der Waals surface area (Å²) in [5.74, 6) is -3.40. The van der Waals surface area contributed by atoms with Crippen LogP contribution in [0.3, 0.4) is 0 Å². The van der Waals surface area contributed by atoms with Crippen LogP contribution in [0, 0.1) is 11.6 Å². The number of hydrogen-bond acceptors (Lipinski definition) is 3. The first kappa shape index (κ1) is 20.3. The molecule has 1 aliphatic heterocycles. The minimum absolute atomic E-state index is 0.182. The maximum absolute atomic E-state index is 14.3. The van der Waals surface area contributed by atoms with Gasteiger partial charge in [0.1, 0.15) is 16.9 Å². The minimum Gasteiger partial charge on any atom is -0.349 e. The fourth-order valence-corrected chi connectivity index (χ4v) is 4.09. The van der Waals surface area contributed by atoms with Crippen molar-refractivity contribution in [2.24, 2.45) is 0 Å². The van der Waals surface area contributed by atoms with Gasteiger partial charge in [0.15, 0.2) is 5.82 Å². The fraction of sp³-hybridized carbons (Fsp3) is 0.286. The smallest absolute Gasteiger partial charge is 0.254 e. The molecule has 6 nitrogen and oxygen atoms in total. The van der Waals surface area contributed by atoms with E-state index in [2.05, 4.69) is 16.0 Å². The van der Waals surface area contributed by atoms with Crippen LogP contribution in [0.25, 0.3) is 0 Å². The van der Waals surface area contributed by atoms with E-state index in [1.165, 1.54) is 0 Å². The van der Waals surface area contributed by atoms with Gasteiger partial charge in [0.2, 0.25) is 11.8 Å². The molecule has 0 radical (unpaired) electrons. The minimum atomic E-state index is -1.14. The van der Waals surface area contributed by atoms with Crippen molar-refractivity contribution in [3.63, 3.8) is 0 Å². The van der Waals surface area contributed by atoms with Crippen LogP contribution in [0.15, 0.2) is 36.4 Å². The van der Waals surface area contributed by atoms with Gasteiger partial charge in [0.05, 0.1) is 17.6 Å². The topological polar surface area (TPSA) is 87.3 Å². The summed E-state index contributed by atoms with van der Waals surface area (Å²) in [4.78, 5) is 36.7. The molecule has 1 fully saturated rings. The molecule has 1 aliphatic carbocycles. The number of benzene rings is 2. The summed E-state index contributed by atoms with van der Waals surface area (Å²) in [5.41, 5.74) is 1.33. The summed E-state index contributed by atoms with van der Waals surface area (Å²) >= 11 is 5.59. The van der Waals surface area contributed by atoms with Crippen molar-refractivity contribution in [2.75, 3.05) is 0 Å². The molecule has 2 aliphatic rings. The number of nitrogens with one attached hydrogen (secondary N) is 3. The number of hydrogen-bond donors (Lipinski definition) is 3. The Bertz CT molecular complexity index is 1050. The molecule has 0 aromatic heterocycles. The highest BCUT2D eigenvalue weighted by atomic mass is 35.5. The van der Waals surface area contributed by atoms with Crippen LogP contribution in [-0.2, 0) is 16.0 Å². The first-order chi connectivity index (χ1) is 14.3. The Morgan fingerprint density at radius 2 is 1.87 bits per heavy atom. The van der Waals surface area contributed by atoms with E-state index in [-0.39, 0.29) is 23.8 Å². The molecular weight excluding hydrogens is 416 g/mol. The fourth-order valence-electron chi connectivity index (χ4n) is 3.92. The highest BCUT2D eigenvalue weighted by molar-refractivity contribution is 6.31. The number of carbonyl (C=O) groups is 3. The van der Waals surface area contributed by atoms with E-state index in [4.69, 9.17) is 11.6 Å². The van der Waals surface area contributed by atoms with Crippen LogP contribution in [0.1, 0.15) is 40.4 Å². The van der Waals surface area contributed by atoms with Crippen molar-refractivity contribution in [3.05, 3.63) is 69.7 Å². The Balaban J connectivity index is 1.56. The molecule has 9 heteroatoms. The summed E-state index contributed by atoms with van der Waals surface area (Å²) in [5, 5.41) is 7.47. The Labute approximate surface area is 176 Å². The molecule has 0 saturated carbocycles. The molecule has 3 N–H and O–H groups in total. The first-order valence-electron chi connectivity index (χ1n) is 9.47. The SMILES string of the molecule is O=C1CCC(C(=O)N[C@@H]2Cc3ccccc3[C@H]2NC(=O)c2ccc(F)c(Cl)c2F)N1. The maximum Gasteiger partial charge on any atom is 0.254 e. The number of rotatable bonds is 4. The lowest BCUT2D eigenvalue weighted by Crippen LogP contribution is -2.50. The second kappa shape index (κ2) is 8.02. The average molecular weight is 434 g/mol. The third-order valence-corrected chi connectivity index (χ3v) is 5.78. The van der Waals surface area contributed by atoms with Crippen molar-refractivity contribution in [3.8, 4) is 0 Å². The van der Waals surface area contributed by atoms with Gasteiger partial charge in [-0.2, -0.15) is 0 Å². The normalized spacial score (nSPS) is 22.4. The summed E-state index contributed by atoms with van der Waals surface area (Å²) in [6.07, 6.45) is 1.15. The quantitative estimate of drug-likeness (QED) is 0.647. The van der Waals surface area contributed by atoms with E-state index >= 15 is 0 Å². The molecule has 1 saturated heterocycles. The van der Waals surface area contributed by atoms with Crippen LogP contribution >= 0.6 is 11.6 Å². The van der Waals surface area contributed by atoms with E-state index in [0.29, 0.717) is 12.8 Å². The third kappa shape index (κ3) is 3.75. The van der Waals surface area contributed by atoms with Gasteiger partial charge in [0.25, 0.3) is 5.91 Å². The Hall–Kier alpha value is -3.00. The van der Waals surface area contributed by atoms with E-state index in [1.54, 1.807) is 6.07 Å². The van der Waals surface area contributed by atoms with Gasteiger partial charge in [-0.3, -0.25) is 14.4 Å². The number of amides is 3. The molecule has 30 heavy (non-hydrogen) atoms. The van der Waals surface area contributed by atoms with Gasteiger partial charge < -0.3 is 16.0 Å². The second-order valence-electron chi connectivity index (χ2n) is 7.35. The number of carbonyl (C=O) groups excluding carboxylic acids is 3. The number of fused-ring (bicyclic) bond motifs is 1. The van der Waals surface area contributed by atoms with Crippen molar-refractivity contribution in [2.45, 2.75) is 37.4 Å². The van der Waals surface area contributed by atoms with E-state index in [0.717, 1.165) is 23.3 Å². The van der Waals surface area contributed by atoms with Crippen LogP contribution in [-0.4, -0.2) is 29.8 Å². The predicted molar refractivity (Wildman–Crippen MR) is 105 cm³/mol. The summed E-state index contributed by atoms with van der Waals surface area (Å²) in [6, 6.07) is 7.55. The first-order valence-corrected chi connectivity index (χ1v) is 9.85. The largest absolute Gasteiger partial charge is 0.349 e. The molecule has 4 rings (SSSR count). The van der Waals surface area contributed by atoms with Gasteiger partial charge in [-0.05, 0) is 36.1 Å². The van der Waals surface area contributed by atoms with Crippen molar-refractivity contribution in [1.29, 1.82) is 0 Å². The van der Waals surface area contributed by atoms with E-state index < -0.39 is 40.7 Å². The summed E-state index contributed by atoms with van der Waals surface area (Å²) in [7, 11) is 0. The Morgan fingerprint density at radius 3 is 2.60 bits per heavy atom. The van der Waals surface area contributed by atoms with E-state index in [9.17, 15) is 23.2 Å². The average Bonchev–Trinajstić information content (AvgIpc) is 3.30. The third-order valence-electron chi connectivity index (χ3n) is 5.44. The molecule has 3 amide bonds.